The van der Waals surface area contributed by atoms with Crippen molar-refractivity contribution in [2.75, 3.05) is 19.6 Å². The lowest BCUT2D eigenvalue weighted by molar-refractivity contribution is -0.142. The number of nitrogens with one attached hydrogen (secondary N) is 2. The standard InChI is InChI=1S/C27H39ClN4O4/c1-19(2)14-15-29-24(33)13-7-8-16-31-26(35)21-10-4-6-12-23(21)32(27(31)36)18-25(34)30-17-20-9-3-5-11-22(20)28/h3,5,9,11,19,21,23H,4,6-8,10,12-18H2,1-2H3,(H,29,33)(H,30,34). The number of carbonyl (C=O) groups excluding carboxylic acids is 4. The lowest BCUT2D eigenvalue weighted by atomic mass is 9.81. The number of urea groups is 1. The molecule has 0 spiro atoms. The van der Waals surface area contributed by atoms with Gasteiger partial charge in [-0.05, 0) is 49.7 Å². The summed E-state index contributed by atoms with van der Waals surface area (Å²) >= 11 is 6.18. The molecule has 2 N–H and O–H groups in total. The Morgan fingerprint density at radius 1 is 1.06 bits per heavy atom. The number of nitrogens with zero attached hydrogens (tertiary/aromatic N) is 2. The maximum absolute atomic E-state index is 13.3. The zero-order valence-corrected chi connectivity index (χ0v) is 22.2. The van der Waals surface area contributed by atoms with E-state index in [0.717, 1.165) is 37.7 Å². The normalized spacial score (nSPS) is 19.9. The molecule has 3 rings (SSSR count). The summed E-state index contributed by atoms with van der Waals surface area (Å²) in [7, 11) is 0. The van der Waals surface area contributed by atoms with E-state index >= 15 is 0 Å². The van der Waals surface area contributed by atoms with E-state index in [-0.39, 0.29) is 49.3 Å². The number of hydrogen-bond donors (Lipinski definition) is 2. The first-order valence-corrected chi connectivity index (χ1v) is 13.5. The van der Waals surface area contributed by atoms with Crippen LogP contribution in [0.15, 0.2) is 24.3 Å². The fourth-order valence-electron chi connectivity index (χ4n) is 4.94. The summed E-state index contributed by atoms with van der Waals surface area (Å²) in [5, 5.41) is 6.34. The van der Waals surface area contributed by atoms with Crippen molar-refractivity contribution in [2.45, 2.75) is 77.8 Å². The van der Waals surface area contributed by atoms with Gasteiger partial charge in [-0.1, -0.05) is 56.5 Å². The van der Waals surface area contributed by atoms with Crippen LogP contribution in [0.2, 0.25) is 5.02 Å². The van der Waals surface area contributed by atoms with Crippen LogP contribution in [0.4, 0.5) is 4.79 Å². The van der Waals surface area contributed by atoms with Crippen LogP contribution in [0, 0.1) is 11.8 Å². The lowest BCUT2D eigenvalue weighted by Crippen LogP contribution is -2.63. The summed E-state index contributed by atoms with van der Waals surface area (Å²) in [5.41, 5.74) is 0.804. The maximum atomic E-state index is 13.3. The molecule has 2 fully saturated rings. The fraction of sp³-hybridized carbons (Fsp3) is 0.630. The Labute approximate surface area is 219 Å². The Kier molecular flexibility index (Phi) is 10.6. The zero-order valence-electron chi connectivity index (χ0n) is 21.4. The van der Waals surface area contributed by atoms with Crippen LogP contribution in [0.3, 0.4) is 0 Å². The molecule has 2 aliphatic rings. The number of fused-ring (bicyclic) bond motifs is 1. The van der Waals surface area contributed by atoms with Gasteiger partial charge >= 0.3 is 6.03 Å². The molecule has 2 atom stereocenters. The second kappa shape index (κ2) is 13.6. The van der Waals surface area contributed by atoms with E-state index in [4.69, 9.17) is 11.6 Å². The average molecular weight is 519 g/mol. The number of halogens is 1. The van der Waals surface area contributed by atoms with Crippen LogP contribution in [-0.2, 0) is 20.9 Å². The summed E-state index contributed by atoms with van der Waals surface area (Å²) < 4.78 is 0. The highest BCUT2D eigenvalue weighted by atomic mass is 35.5. The van der Waals surface area contributed by atoms with Crippen LogP contribution in [0.5, 0.6) is 0 Å². The summed E-state index contributed by atoms with van der Waals surface area (Å²) in [4.78, 5) is 54.2. The van der Waals surface area contributed by atoms with E-state index in [0.29, 0.717) is 36.7 Å². The van der Waals surface area contributed by atoms with Crippen LogP contribution >= 0.6 is 11.6 Å². The van der Waals surface area contributed by atoms with E-state index in [9.17, 15) is 19.2 Å². The minimum absolute atomic E-state index is 0.00360. The van der Waals surface area contributed by atoms with Crippen LogP contribution in [-0.4, -0.2) is 59.2 Å². The van der Waals surface area contributed by atoms with Crippen molar-refractivity contribution in [1.82, 2.24) is 20.4 Å². The summed E-state index contributed by atoms with van der Waals surface area (Å²) in [6, 6.07) is 6.64. The van der Waals surface area contributed by atoms with Gasteiger partial charge in [-0.25, -0.2) is 4.79 Å². The van der Waals surface area contributed by atoms with E-state index in [1.54, 1.807) is 11.0 Å². The van der Waals surface area contributed by atoms with E-state index in [2.05, 4.69) is 24.5 Å². The summed E-state index contributed by atoms with van der Waals surface area (Å²) in [5.74, 6) is -0.159. The average Bonchev–Trinajstić information content (AvgIpc) is 2.85. The largest absolute Gasteiger partial charge is 0.356 e. The van der Waals surface area contributed by atoms with Crippen LogP contribution in [0.1, 0.15) is 70.8 Å². The minimum atomic E-state index is -0.405. The monoisotopic (exact) mass is 518 g/mol. The molecule has 8 nitrogen and oxygen atoms in total. The van der Waals surface area contributed by atoms with E-state index in [1.165, 1.54) is 4.90 Å². The minimum Gasteiger partial charge on any atom is -0.356 e. The van der Waals surface area contributed by atoms with Crippen LogP contribution in [0.25, 0.3) is 0 Å². The molecule has 1 heterocycles. The first-order chi connectivity index (χ1) is 17.3. The van der Waals surface area contributed by atoms with Crippen molar-refractivity contribution >= 4 is 35.4 Å². The number of imide groups is 1. The van der Waals surface area contributed by atoms with Crippen LogP contribution < -0.4 is 10.6 Å². The number of carbonyl (C=O) groups is 4. The number of amides is 5. The third kappa shape index (κ3) is 7.69. The Bertz CT molecular complexity index is 938. The third-order valence-electron chi connectivity index (χ3n) is 7.02. The predicted octanol–water partition coefficient (Wildman–Crippen LogP) is 4.11. The van der Waals surface area contributed by atoms with Gasteiger partial charge in [-0.15, -0.1) is 0 Å². The van der Waals surface area contributed by atoms with Gasteiger partial charge in [0.15, 0.2) is 0 Å². The molecule has 1 saturated heterocycles. The van der Waals surface area contributed by atoms with Crippen molar-refractivity contribution < 1.29 is 19.2 Å². The lowest BCUT2D eigenvalue weighted by Gasteiger charge is -2.46. The summed E-state index contributed by atoms with van der Waals surface area (Å²) in [6.45, 7) is 5.33. The van der Waals surface area contributed by atoms with Crippen molar-refractivity contribution in [3.63, 3.8) is 0 Å². The van der Waals surface area contributed by atoms with Crippen molar-refractivity contribution in [3.05, 3.63) is 34.9 Å². The molecule has 1 aromatic carbocycles. The van der Waals surface area contributed by atoms with Gasteiger partial charge in [0.25, 0.3) is 0 Å². The Hall–Kier alpha value is -2.61. The SMILES string of the molecule is CC(C)CCNC(=O)CCCCN1C(=O)C2CCCCC2N(CC(=O)NCc2ccccc2Cl)C1=O. The van der Waals surface area contributed by atoms with Crippen molar-refractivity contribution in [3.8, 4) is 0 Å². The molecule has 198 valence electrons. The Morgan fingerprint density at radius 3 is 2.56 bits per heavy atom. The van der Waals surface area contributed by atoms with Crippen molar-refractivity contribution in [1.29, 1.82) is 0 Å². The fourth-order valence-corrected chi connectivity index (χ4v) is 5.15. The molecule has 1 saturated carbocycles. The highest BCUT2D eigenvalue weighted by molar-refractivity contribution is 6.31. The maximum Gasteiger partial charge on any atom is 0.327 e. The molecule has 36 heavy (non-hydrogen) atoms. The molecule has 0 radical (unpaired) electrons. The first-order valence-electron chi connectivity index (χ1n) is 13.2. The predicted molar refractivity (Wildman–Crippen MR) is 139 cm³/mol. The molecule has 5 amide bonds. The van der Waals surface area contributed by atoms with Crippen molar-refractivity contribution in [2.24, 2.45) is 11.8 Å². The molecule has 1 aliphatic carbocycles. The second-order valence-electron chi connectivity index (χ2n) is 10.2. The quantitative estimate of drug-likeness (QED) is 0.407. The van der Waals surface area contributed by atoms with Gasteiger partial charge in [-0.3, -0.25) is 19.3 Å². The Morgan fingerprint density at radius 2 is 1.81 bits per heavy atom. The number of hydrogen-bond acceptors (Lipinski definition) is 4. The molecular weight excluding hydrogens is 480 g/mol. The zero-order chi connectivity index (χ0) is 26.1. The highest BCUT2D eigenvalue weighted by Crippen LogP contribution is 2.34. The van der Waals surface area contributed by atoms with Gasteiger partial charge in [0.2, 0.25) is 17.7 Å². The number of unbranched alkanes of at least 4 members (excludes halogenated alkanes) is 1. The topological polar surface area (TPSA) is 98.8 Å². The summed E-state index contributed by atoms with van der Waals surface area (Å²) in [6.07, 6.45) is 5.79. The third-order valence-corrected chi connectivity index (χ3v) is 7.39. The second-order valence-corrected chi connectivity index (χ2v) is 10.6. The molecular formula is C27H39ClN4O4. The number of rotatable bonds is 12. The van der Waals surface area contributed by atoms with Gasteiger partial charge in [0.1, 0.15) is 6.54 Å². The first kappa shape index (κ1) is 28.0. The van der Waals surface area contributed by atoms with E-state index < -0.39 is 6.03 Å². The molecule has 1 aliphatic heterocycles. The number of benzene rings is 1. The smallest absolute Gasteiger partial charge is 0.327 e. The van der Waals surface area contributed by atoms with E-state index in [1.807, 2.05) is 18.2 Å². The molecule has 9 heteroatoms. The molecule has 2 unspecified atom stereocenters. The molecule has 0 bridgehead atoms. The van der Waals surface area contributed by atoms with Gasteiger partial charge in [-0.2, -0.15) is 0 Å². The molecule has 1 aromatic rings. The highest BCUT2D eigenvalue weighted by Gasteiger charge is 2.47. The van der Waals surface area contributed by atoms with Gasteiger partial charge in [0, 0.05) is 37.1 Å². The Balaban J connectivity index is 1.54. The van der Waals surface area contributed by atoms with Gasteiger partial charge in [0.05, 0.1) is 5.92 Å². The van der Waals surface area contributed by atoms with Gasteiger partial charge < -0.3 is 15.5 Å². The molecule has 0 aromatic heterocycles.